The molecule has 1 N–H and O–H groups in total. The number of ether oxygens (including phenoxy) is 1. The minimum Gasteiger partial charge on any atom is -0.462 e. The Hall–Kier alpha value is -3.09. The maximum atomic E-state index is 12.6. The third-order valence-corrected chi connectivity index (χ3v) is 3.72. The smallest absolute Gasteiger partial charge is 0.343 e. The van der Waals surface area contributed by atoms with Gasteiger partial charge in [-0.05, 0) is 19.9 Å². The van der Waals surface area contributed by atoms with E-state index in [0.717, 1.165) is 10.9 Å². The summed E-state index contributed by atoms with van der Waals surface area (Å²) in [5, 5.41) is 7.56. The van der Waals surface area contributed by atoms with Gasteiger partial charge in [-0.1, -0.05) is 18.2 Å². The second kappa shape index (κ2) is 6.19. The summed E-state index contributed by atoms with van der Waals surface area (Å²) in [5.41, 5.74) is 1.57. The molecule has 2 aromatic heterocycles. The zero-order chi connectivity index (χ0) is 17.3. The number of para-hydroxylation sites is 1. The van der Waals surface area contributed by atoms with Crippen LogP contribution >= 0.6 is 0 Å². The van der Waals surface area contributed by atoms with Crippen molar-refractivity contribution < 1.29 is 18.7 Å². The van der Waals surface area contributed by atoms with E-state index in [4.69, 9.17) is 9.15 Å². The lowest BCUT2D eigenvalue weighted by molar-refractivity contribution is 0.0527. The summed E-state index contributed by atoms with van der Waals surface area (Å²) >= 11 is 0. The van der Waals surface area contributed by atoms with Crippen molar-refractivity contribution in [2.45, 2.75) is 13.8 Å². The van der Waals surface area contributed by atoms with Crippen LogP contribution in [0.15, 0.2) is 34.9 Å². The van der Waals surface area contributed by atoms with Crippen LogP contribution in [0, 0.1) is 6.92 Å². The number of anilines is 1. The molecular weight excluding hydrogens is 310 g/mol. The molecule has 0 bridgehead atoms. The Morgan fingerprint density at radius 2 is 2.08 bits per heavy atom. The van der Waals surface area contributed by atoms with Crippen molar-refractivity contribution in [2.75, 3.05) is 11.9 Å². The maximum Gasteiger partial charge on any atom is 0.343 e. The highest BCUT2D eigenvalue weighted by Gasteiger charge is 2.23. The normalized spacial score (nSPS) is 10.8. The number of esters is 1. The molecule has 2 heterocycles. The van der Waals surface area contributed by atoms with Gasteiger partial charge in [-0.2, -0.15) is 5.10 Å². The second-order valence-corrected chi connectivity index (χ2v) is 5.26. The van der Waals surface area contributed by atoms with Crippen LogP contribution < -0.4 is 5.32 Å². The van der Waals surface area contributed by atoms with Crippen LogP contribution in [0.2, 0.25) is 0 Å². The lowest BCUT2D eigenvalue weighted by Gasteiger charge is -2.07. The van der Waals surface area contributed by atoms with Gasteiger partial charge in [0.2, 0.25) is 0 Å². The predicted molar refractivity (Wildman–Crippen MR) is 88.1 cm³/mol. The maximum absolute atomic E-state index is 12.6. The molecule has 0 atom stereocenters. The molecule has 7 nitrogen and oxygen atoms in total. The van der Waals surface area contributed by atoms with Crippen LogP contribution in [-0.4, -0.2) is 28.3 Å². The Morgan fingerprint density at radius 1 is 1.33 bits per heavy atom. The summed E-state index contributed by atoms with van der Waals surface area (Å²) in [6, 6.07) is 7.41. The highest BCUT2D eigenvalue weighted by atomic mass is 16.5. The van der Waals surface area contributed by atoms with Gasteiger partial charge < -0.3 is 14.5 Å². The first-order valence-corrected chi connectivity index (χ1v) is 7.51. The van der Waals surface area contributed by atoms with E-state index in [0.29, 0.717) is 5.58 Å². The Kier molecular flexibility index (Phi) is 4.07. The summed E-state index contributed by atoms with van der Waals surface area (Å²) in [5.74, 6) is -0.523. The second-order valence-electron chi connectivity index (χ2n) is 5.26. The zero-order valence-electron chi connectivity index (χ0n) is 13.6. The van der Waals surface area contributed by atoms with Crippen LogP contribution in [0.1, 0.15) is 33.4 Å². The Morgan fingerprint density at radius 3 is 2.79 bits per heavy atom. The number of furan rings is 1. The lowest BCUT2D eigenvalue weighted by Crippen LogP contribution is -2.17. The number of amides is 1. The zero-order valence-corrected chi connectivity index (χ0v) is 13.6. The van der Waals surface area contributed by atoms with E-state index in [1.807, 2.05) is 25.1 Å². The highest BCUT2D eigenvalue weighted by Crippen LogP contribution is 2.26. The van der Waals surface area contributed by atoms with Crippen LogP contribution in [0.3, 0.4) is 0 Å². The average molecular weight is 327 g/mol. The van der Waals surface area contributed by atoms with Crippen LogP contribution in [-0.2, 0) is 11.8 Å². The van der Waals surface area contributed by atoms with Crippen molar-refractivity contribution in [1.29, 1.82) is 0 Å². The SMILES string of the molecule is CCOC(=O)c1cnn(C)c1NC(=O)c1oc2ccccc2c1C. The molecule has 0 fully saturated rings. The highest BCUT2D eigenvalue weighted by molar-refractivity contribution is 6.08. The molecule has 0 aliphatic carbocycles. The number of benzene rings is 1. The molecule has 124 valence electrons. The first-order valence-electron chi connectivity index (χ1n) is 7.51. The number of aromatic nitrogens is 2. The van der Waals surface area contributed by atoms with Crippen molar-refractivity contribution in [3.8, 4) is 0 Å². The average Bonchev–Trinajstić information content (AvgIpc) is 3.09. The number of aryl methyl sites for hydroxylation is 2. The quantitative estimate of drug-likeness (QED) is 0.745. The fraction of sp³-hybridized carbons (Fsp3) is 0.235. The molecule has 3 rings (SSSR count). The number of carbonyl (C=O) groups is 2. The van der Waals surface area contributed by atoms with Gasteiger partial charge in [-0.3, -0.25) is 9.48 Å². The number of nitrogens with zero attached hydrogens (tertiary/aromatic N) is 2. The third kappa shape index (κ3) is 2.64. The Bertz CT molecular complexity index is 923. The van der Waals surface area contributed by atoms with Gasteiger partial charge in [0, 0.05) is 18.0 Å². The molecule has 24 heavy (non-hydrogen) atoms. The first kappa shape index (κ1) is 15.8. The van der Waals surface area contributed by atoms with E-state index >= 15 is 0 Å². The Labute approximate surface area is 138 Å². The first-order chi connectivity index (χ1) is 11.5. The molecule has 0 spiro atoms. The third-order valence-electron chi connectivity index (χ3n) is 3.72. The largest absolute Gasteiger partial charge is 0.462 e. The van der Waals surface area contributed by atoms with Gasteiger partial charge in [-0.15, -0.1) is 0 Å². The van der Waals surface area contributed by atoms with Gasteiger partial charge in [-0.25, -0.2) is 4.79 Å². The van der Waals surface area contributed by atoms with E-state index in [1.54, 1.807) is 20.0 Å². The van der Waals surface area contributed by atoms with Crippen molar-refractivity contribution in [1.82, 2.24) is 9.78 Å². The summed E-state index contributed by atoms with van der Waals surface area (Å²) in [6.07, 6.45) is 1.36. The lowest BCUT2D eigenvalue weighted by atomic mass is 10.1. The van der Waals surface area contributed by atoms with E-state index < -0.39 is 11.9 Å². The number of carbonyl (C=O) groups excluding carboxylic acids is 2. The molecule has 0 aliphatic heterocycles. The topological polar surface area (TPSA) is 86.4 Å². The molecule has 0 saturated heterocycles. The number of rotatable bonds is 4. The van der Waals surface area contributed by atoms with E-state index in [2.05, 4.69) is 10.4 Å². The number of fused-ring (bicyclic) bond motifs is 1. The fourth-order valence-electron chi connectivity index (χ4n) is 2.50. The molecule has 0 radical (unpaired) electrons. The molecule has 1 amide bonds. The molecule has 0 unspecified atom stereocenters. The number of hydrogen-bond donors (Lipinski definition) is 1. The molecule has 1 aromatic carbocycles. The molecule has 7 heteroatoms. The monoisotopic (exact) mass is 327 g/mol. The van der Waals surface area contributed by atoms with Crippen molar-refractivity contribution in [2.24, 2.45) is 7.05 Å². The van der Waals surface area contributed by atoms with Gasteiger partial charge in [0.15, 0.2) is 5.76 Å². The summed E-state index contributed by atoms with van der Waals surface area (Å²) in [6.45, 7) is 3.77. The standard InChI is InChI=1S/C17H17N3O4/c1-4-23-17(22)12-9-18-20(3)15(12)19-16(21)14-10(2)11-7-5-6-8-13(11)24-14/h5-9H,4H2,1-3H3,(H,19,21). The molecular formula is C17H17N3O4. The van der Waals surface area contributed by atoms with E-state index in [-0.39, 0.29) is 23.7 Å². The van der Waals surface area contributed by atoms with E-state index in [9.17, 15) is 9.59 Å². The summed E-state index contributed by atoms with van der Waals surface area (Å²) in [4.78, 5) is 24.5. The fourth-order valence-corrected chi connectivity index (χ4v) is 2.50. The number of hydrogen-bond acceptors (Lipinski definition) is 5. The van der Waals surface area contributed by atoms with Crippen molar-refractivity contribution in [3.63, 3.8) is 0 Å². The molecule has 0 aliphatic rings. The van der Waals surface area contributed by atoms with Crippen molar-refractivity contribution >= 4 is 28.7 Å². The van der Waals surface area contributed by atoms with Gasteiger partial charge in [0.05, 0.1) is 12.8 Å². The van der Waals surface area contributed by atoms with Gasteiger partial charge in [0.1, 0.15) is 17.0 Å². The minimum absolute atomic E-state index is 0.196. The van der Waals surface area contributed by atoms with E-state index in [1.165, 1.54) is 10.9 Å². The summed E-state index contributed by atoms with van der Waals surface area (Å²) in [7, 11) is 1.63. The van der Waals surface area contributed by atoms with Gasteiger partial charge in [0.25, 0.3) is 5.91 Å². The molecule has 0 saturated carbocycles. The van der Waals surface area contributed by atoms with Crippen molar-refractivity contribution in [3.05, 3.63) is 47.3 Å². The predicted octanol–water partition coefficient (Wildman–Crippen LogP) is 2.90. The van der Waals surface area contributed by atoms with Crippen LogP contribution in [0.5, 0.6) is 0 Å². The van der Waals surface area contributed by atoms with Crippen LogP contribution in [0.4, 0.5) is 5.82 Å². The van der Waals surface area contributed by atoms with Crippen LogP contribution in [0.25, 0.3) is 11.0 Å². The Balaban J connectivity index is 1.93. The van der Waals surface area contributed by atoms with Gasteiger partial charge >= 0.3 is 5.97 Å². The number of nitrogens with one attached hydrogen (secondary N) is 1. The minimum atomic E-state index is -0.540. The summed E-state index contributed by atoms with van der Waals surface area (Å²) < 4.78 is 12.0. The molecule has 3 aromatic rings.